The van der Waals surface area contributed by atoms with Gasteiger partial charge >= 0.3 is 12.0 Å². The van der Waals surface area contributed by atoms with Crippen molar-refractivity contribution in [1.82, 2.24) is 4.98 Å². The molecule has 0 saturated heterocycles. The molecular formula is C24H27N3O4. The van der Waals surface area contributed by atoms with Crippen LogP contribution in [0.4, 0.5) is 10.5 Å². The average Bonchev–Trinajstić information content (AvgIpc) is 3.42. The summed E-state index contributed by atoms with van der Waals surface area (Å²) in [5.41, 5.74) is 9.62. The van der Waals surface area contributed by atoms with Crippen LogP contribution in [0.3, 0.4) is 0 Å². The Kier molecular flexibility index (Phi) is 5.59. The van der Waals surface area contributed by atoms with Gasteiger partial charge in [0.05, 0.1) is 12.7 Å². The molecule has 1 aliphatic rings. The molecule has 0 spiro atoms. The molecule has 31 heavy (non-hydrogen) atoms. The van der Waals surface area contributed by atoms with Gasteiger partial charge < -0.3 is 20.6 Å². The van der Waals surface area contributed by atoms with Crippen molar-refractivity contribution in [2.24, 2.45) is 5.73 Å². The number of hydrogen-bond acceptors (Lipinski definition) is 3. The summed E-state index contributed by atoms with van der Waals surface area (Å²) < 4.78 is 5.49. The van der Waals surface area contributed by atoms with E-state index in [2.05, 4.69) is 11.9 Å². The lowest BCUT2D eigenvalue weighted by Crippen LogP contribution is -2.42. The molecule has 2 amide bonds. The SMILES string of the molecule is COc1cc(C(=O)O)ccc1C(C)c1c[nH]c2ccc(N(C(N)=O)C3CCCC3)cc12. The molecule has 7 heteroatoms. The van der Waals surface area contributed by atoms with E-state index in [1.807, 2.05) is 24.4 Å². The normalized spacial score (nSPS) is 15.2. The number of nitrogens with zero attached hydrogens (tertiary/aromatic N) is 1. The zero-order chi connectivity index (χ0) is 22.1. The summed E-state index contributed by atoms with van der Waals surface area (Å²) in [4.78, 5) is 28.6. The number of aromatic amines is 1. The average molecular weight is 421 g/mol. The van der Waals surface area contributed by atoms with Crippen LogP contribution in [-0.4, -0.2) is 35.2 Å². The lowest BCUT2D eigenvalue weighted by atomic mass is 9.91. The molecule has 0 aliphatic heterocycles. The quantitative estimate of drug-likeness (QED) is 0.528. The summed E-state index contributed by atoms with van der Waals surface area (Å²) in [5, 5.41) is 10.3. The molecule has 0 bridgehead atoms. The fraction of sp³-hybridized carbons (Fsp3) is 0.333. The number of aromatic carboxylic acids is 1. The van der Waals surface area contributed by atoms with Crippen LogP contribution < -0.4 is 15.4 Å². The summed E-state index contributed by atoms with van der Waals surface area (Å²) in [6.45, 7) is 2.05. The van der Waals surface area contributed by atoms with Crippen LogP contribution in [0.25, 0.3) is 10.9 Å². The Morgan fingerprint density at radius 1 is 1.16 bits per heavy atom. The number of rotatable bonds is 6. The van der Waals surface area contributed by atoms with Gasteiger partial charge in [-0.1, -0.05) is 25.8 Å². The monoisotopic (exact) mass is 421 g/mol. The number of anilines is 1. The van der Waals surface area contributed by atoms with Crippen LogP contribution in [0.5, 0.6) is 5.75 Å². The van der Waals surface area contributed by atoms with Gasteiger partial charge in [-0.05, 0) is 48.7 Å². The van der Waals surface area contributed by atoms with Crippen LogP contribution in [0.2, 0.25) is 0 Å². The highest BCUT2D eigenvalue weighted by Crippen LogP contribution is 2.38. The molecular weight excluding hydrogens is 394 g/mol. The summed E-state index contributed by atoms with van der Waals surface area (Å²) in [6.07, 6.45) is 6.09. The maximum Gasteiger partial charge on any atom is 0.335 e. The third-order valence-electron chi connectivity index (χ3n) is 6.32. The Morgan fingerprint density at radius 2 is 1.90 bits per heavy atom. The first-order valence-corrected chi connectivity index (χ1v) is 10.5. The molecule has 4 N–H and O–H groups in total. The number of H-pyrrole nitrogens is 1. The van der Waals surface area contributed by atoms with Gasteiger partial charge in [-0.3, -0.25) is 4.90 Å². The largest absolute Gasteiger partial charge is 0.496 e. The topological polar surface area (TPSA) is 109 Å². The molecule has 1 unspecified atom stereocenters. The summed E-state index contributed by atoms with van der Waals surface area (Å²) in [7, 11) is 1.54. The molecule has 1 atom stereocenters. The van der Waals surface area contributed by atoms with Gasteiger partial charge in [0.25, 0.3) is 0 Å². The van der Waals surface area contributed by atoms with Crippen molar-refractivity contribution in [3.63, 3.8) is 0 Å². The van der Waals surface area contributed by atoms with Crippen molar-refractivity contribution in [3.8, 4) is 5.75 Å². The Bertz CT molecular complexity index is 1130. The second-order valence-electron chi connectivity index (χ2n) is 8.10. The highest BCUT2D eigenvalue weighted by atomic mass is 16.5. The third-order valence-corrected chi connectivity index (χ3v) is 6.32. The van der Waals surface area contributed by atoms with Crippen LogP contribution in [-0.2, 0) is 0 Å². The zero-order valence-electron chi connectivity index (χ0n) is 17.7. The second-order valence-corrected chi connectivity index (χ2v) is 8.10. The Balaban J connectivity index is 1.75. The van der Waals surface area contributed by atoms with Gasteiger partial charge in [0.2, 0.25) is 0 Å². The number of benzene rings is 2. The van der Waals surface area contributed by atoms with Gasteiger partial charge in [0.1, 0.15) is 5.75 Å². The van der Waals surface area contributed by atoms with Crippen molar-refractivity contribution in [1.29, 1.82) is 0 Å². The van der Waals surface area contributed by atoms with Gasteiger partial charge in [0, 0.05) is 40.3 Å². The summed E-state index contributed by atoms with van der Waals surface area (Å²) >= 11 is 0. The molecule has 1 fully saturated rings. The number of nitrogens with one attached hydrogen (secondary N) is 1. The Labute approximate surface area is 180 Å². The molecule has 1 saturated carbocycles. The summed E-state index contributed by atoms with van der Waals surface area (Å²) in [5.74, 6) is -0.523. The van der Waals surface area contributed by atoms with E-state index in [9.17, 15) is 14.7 Å². The minimum Gasteiger partial charge on any atom is -0.496 e. The van der Waals surface area contributed by atoms with E-state index in [0.717, 1.165) is 53.4 Å². The molecule has 7 nitrogen and oxygen atoms in total. The number of carbonyl (C=O) groups excluding carboxylic acids is 1. The van der Waals surface area contributed by atoms with Gasteiger partial charge in [0.15, 0.2) is 0 Å². The molecule has 3 aromatic rings. The zero-order valence-corrected chi connectivity index (χ0v) is 17.7. The van der Waals surface area contributed by atoms with E-state index in [0.29, 0.717) is 5.75 Å². The maximum atomic E-state index is 12.2. The van der Waals surface area contributed by atoms with Gasteiger partial charge in [-0.2, -0.15) is 0 Å². The fourth-order valence-corrected chi connectivity index (χ4v) is 4.69. The van der Waals surface area contributed by atoms with Crippen LogP contribution >= 0.6 is 0 Å². The second kappa shape index (κ2) is 8.34. The van der Waals surface area contributed by atoms with E-state index in [-0.39, 0.29) is 17.5 Å². The summed E-state index contributed by atoms with van der Waals surface area (Å²) in [6, 6.07) is 10.5. The number of fused-ring (bicyclic) bond motifs is 1. The number of methoxy groups -OCH3 is 1. The van der Waals surface area contributed by atoms with Crippen LogP contribution in [0.1, 0.15) is 60.0 Å². The Morgan fingerprint density at radius 3 is 2.55 bits per heavy atom. The number of hydrogen-bond donors (Lipinski definition) is 3. The predicted octanol–water partition coefficient (Wildman–Crippen LogP) is 4.85. The number of urea groups is 1. The lowest BCUT2D eigenvalue weighted by molar-refractivity contribution is 0.0696. The first kappa shape index (κ1) is 20.8. The Hall–Kier alpha value is -3.48. The molecule has 2 aromatic carbocycles. The van der Waals surface area contributed by atoms with Crippen molar-refractivity contribution in [2.75, 3.05) is 12.0 Å². The van der Waals surface area contributed by atoms with E-state index >= 15 is 0 Å². The minimum absolute atomic E-state index is 0.0599. The number of amides is 2. The van der Waals surface area contributed by atoms with Crippen LogP contribution in [0.15, 0.2) is 42.6 Å². The van der Waals surface area contributed by atoms with Crippen molar-refractivity contribution < 1.29 is 19.4 Å². The number of carboxylic acid groups (broad SMARTS) is 1. The molecule has 4 rings (SSSR count). The number of carbonyl (C=O) groups is 2. The van der Waals surface area contributed by atoms with E-state index in [1.165, 1.54) is 7.11 Å². The lowest BCUT2D eigenvalue weighted by Gasteiger charge is -2.27. The van der Waals surface area contributed by atoms with Gasteiger partial charge in [-0.15, -0.1) is 0 Å². The standard InChI is InChI=1S/C24H27N3O4/c1-14(18-9-7-15(23(28)29)11-22(18)31-2)20-13-26-21-10-8-17(12-19(20)21)27(24(25)30)16-5-3-4-6-16/h7-14,16,26H,3-6H2,1-2H3,(H2,25,30)(H,28,29). The highest BCUT2D eigenvalue weighted by Gasteiger charge is 2.27. The number of carboxylic acids is 1. The molecule has 1 heterocycles. The first-order chi connectivity index (χ1) is 14.9. The molecule has 1 aliphatic carbocycles. The van der Waals surface area contributed by atoms with Crippen LogP contribution in [0, 0.1) is 0 Å². The molecule has 1 aromatic heterocycles. The third kappa shape index (κ3) is 3.83. The van der Waals surface area contributed by atoms with Gasteiger partial charge in [-0.25, -0.2) is 9.59 Å². The number of aromatic nitrogens is 1. The van der Waals surface area contributed by atoms with Crippen molar-refractivity contribution in [3.05, 3.63) is 59.3 Å². The van der Waals surface area contributed by atoms with Crippen molar-refractivity contribution >= 4 is 28.6 Å². The van der Waals surface area contributed by atoms with Crippen molar-refractivity contribution in [2.45, 2.75) is 44.6 Å². The van der Waals surface area contributed by atoms with E-state index in [1.54, 1.807) is 23.1 Å². The smallest absolute Gasteiger partial charge is 0.335 e. The fourth-order valence-electron chi connectivity index (χ4n) is 4.69. The number of ether oxygens (including phenoxy) is 1. The highest BCUT2D eigenvalue weighted by molar-refractivity contribution is 5.96. The minimum atomic E-state index is -0.993. The van der Waals surface area contributed by atoms with E-state index < -0.39 is 12.0 Å². The molecule has 162 valence electrons. The first-order valence-electron chi connectivity index (χ1n) is 10.5. The predicted molar refractivity (Wildman–Crippen MR) is 120 cm³/mol. The molecule has 0 radical (unpaired) electrons. The van der Waals surface area contributed by atoms with E-state index in [4.69, 9.17) is 10.5 Å². The maximum absolute atomic E-state index is 12.2. The number of primary amides is 1. The number of nitrogens with two attached hydrogens (primary N) is 1.